The van der Waals surface area contributed by atoms with Crippen LogP contribution in [0, 0.1) is 20.8 Å². The fourth-order valence-corrected chi connectivity index (χ4v) is 3.96. The van der Waals surface area contributed by atoms with Gasteiger partial charge in [-0.3, -0.25) is 4.57 Å². The molecule has 0 aliphatic rings. The number of hydrogen-bond donors (Lipinski definition) is 0. The molecule has 0 radical (unpaired) electrons. The summed E-state index contributed by atoms with van der Waals surface area (Å²) in [7, 11) is 0. The van der Waals surface area contributed by atoms with Crippen molar-refractivity contribution in [3.05, 3.63) is 77.6 Å². The number of rotatable bonds is 5. The first-order chi connectivity index (χ1) is 13.1. The number of imidazole rings is 1. The molecule has 136 valence electrons. The van der Waals surface area contributed by atoms with Crippen molar-refractivity contribution in [1.29, 1.82) is 0 Å². The molecule has 2 heterocycles. The second-order valence-corrected chi connectivity index (χ2v) is 7.31. The zero-order valence-corrected chi connectivity index (χ0v) is 16.3. The van der Waals surface area contributed by atoms with E-state index in [0.717, 1.165) is 22.1 Å². The van der Waals surface area contributed by atoms with E-state index in [-0.39, 0.29) is 0 Å². The molecule has 0 aliphatic carbocycles. The van der Waals surface area contributed by atoms with Gasteiger partial charge in [-0.15, -0.1) is 10.2 Å². The summed E-state index contributed by atoms with van der Waals surface area (Å²) in [6, 6.07) is 16.7. The van der Waals surface area contributed by atoms with Gasteiger partial charge >= 0.3 is 0 Å². The Bertz CT molecular complexity index is 1050. The van der Waals surface area contributed by atoms with Gasteiger partial charge in [-0.25, -0.2) is 4.98 Å². The Morgan fingerprint density at radius 3 is 2.33 bits per heavy atom. The van der Waals surface area contributed by atoms with Crippen molar-refractivity contribution in [3.63, 3.8) is 0 Å². The predicted octanol–water partition coefficient (Wildman–Crippen LogP) is 5.14. The van der Waals surface area contributed by atoms with Gasteiger partial charge in [0, 0.05) is 12.5 Å². The molecule has 0 atom stereocenters. The van der Waals surface area contributed by atoms with Crippen molar-refractivity contribution in [2.24, 2.45) is 0 Å². The summed E-state index contributed by atoms with van der Waals surface area (Å²) in [5.41, 5.74) is 5.78. The average Bonchev–Trinajstić information content (AvgIpc) is 3.27. The minimum Gasteiger partial charge on any atom is -0.425 e. The summed E-state index contributed by atoms with van der Waals surface area (Å²) in [4.78, 5) is 4.71. The van der Waals surface area contributed by atoms with Gasteiger partial charge in [0.05, 0.1) is 23.3 Å². The van der Waals surface area contributed by atoms with Crippen LogP contribution in [0.3, 0.4) is 0 Å². The molecule has 6 heteroatoms. The van der Waals surface area contributed by atoms with Crippen molar-refractivity contribution in [2.45, 2.75) is 31.7 Å². The van der Waals surface area contributed by atoms with E-state index in [2.05, 4.69) is 58.9 Å². The molecule has 4 rings (SSSR count). The number of aromatic nitrogens is 4. The van der Waals surface area contributed by atoms with Gasteiger partial charge in [0.25, 0.3) is 0 Å². The van der Waals surface area contributed by atoms with Gasteiger partial charge < -0.3 is 4.42 Å². The van der Waals surface area contributed by atoms with E-state index in [9.17, 15) is 0 Å². The molecule has 27 heavy (non-hydrogen) atoms. The SMILES string of the molecule is Cc1nnc(CSc2ncc(-c3ccccc3)n2-c2c(C)cccc2C)o1. The molecule has 0 saturated carbocycles. The van der Waals surface area contributed by atoms with Gasteiger partial charge in [0.2, 0.25) is 11.8 Å². The van der Waals surface area contributed by atoms with Crippen LogP contribution < -0.4 is 0 Å². The van der Waals surface area contributed by atoms with E-state index in [1.54, 1.807) is 18.7 Å². The van der Waals surface area contributed by atoms with Gasteiger partial charge in [-0.1, -0.05) is 60.3 Å². The van der Waals surface area contributed by atoms with Crippen molar-refractivity contribution < 1.29 is 4.42 Å². The maximum atomic E-state index is 5.51. The second-order valence-electron chi connectivity index (χ2n) is 6.37. The smallest absolute Gasteiger partial charge is 0.226 e. The lowest BCUT2D eigenvalue weighted by molar-refractivity contribution is 0.485. The molecule has 0 fully saturated rings. The van der Waals surface area contributed by atoms with E-state index >= 15 is 0 Å². The molecule has 0 bridgehead atoms. The average molecular weight is 376 g/mol. The highest BCUT2D eigenvalue weighted by atomic mass is 32.2. The zero-order chi connectivity index (χ0) is 18.8. The summed E-state index contributed by atoms with van der Waals surface area (Å²) < 4.78 is 7.74. The molecular formula is C21H20N4OS. The van der Waals surface area contributed by atoms with Crippen LogP contribution in [-0.2, 0) is 5.75 Å². The number of thioether (sulfide) groups is 1. The highest BCUT2D eigenvalue weighted by molar-refractivity contribution is 7.98. The molecule has 0 amide bonds. The standard InChI is InChI=1S/C21H20N4OS/c1-14-8-7-9-15(2)20(14)25-18(17-10-5-4-6-11-17)12-22-21(25)27-13-19-24-23-16(3)26-19/h4-12H,13H2,1-3H3. The van der Waals surface area contributed by atoms with Crippen molar-refractivity contribution in [2.75, 3.05) is 0 Å². The largest absolute Gasteiger partial charge is 0.425 e. The molecule has 0 unspecified atom stereocenters. The molecule has 0 aliphatic heterocycles. The van der Waals surface area contributed by atoms with Crippen LogP contribution in [0.5, 0.6) is 0 Å². The van der Waals surface area contributed by atoms with E-state index < -0.39 is 0 Å². The molecule has 0 saturated heterocycles. The molecule has 0 spiro atoms. The quantitative estimate of drug-likeness (QED) is 0.451. The van der Waals surface area contributed by atoms with E-state index in [0.29, 0.717) is 17.5 Å². The monoisotopic (exact) mass is 376 g/mol. The summed E-state index contributed by atoms with van der Waals surface area (Å²) in [6.07, 6.45) is 1.93. The van der Waals surface area contributed by atoms with Gasteiger partial charge in [0.15, 0.2) is 5.16 Å². The Balaban J connectivity index is 1.81. The third kappa shape index (κ3) is 3.53. The van der Waals surface area contributed by atoms with E-state index in [4.69, 9.17) is 9.40 Å². The molecule has 0 N–H and O–H groups in total. The first-order valence-electron chi connectivity index (χ1n) is 8.75. The highest BCUT2D eigenvalue weighted by Crippen LogP contribution is 2.33. The Morgan fingerprint density at radius 2 is 1.67 bits per heavy atom. The lowest BCUT2D eigenvalue weighted by Crippen LogP contribution is -2.04. The Hall–Kier alpha value is -2.86. The number of aryl methyl sites for hydroxylation is 3. The van der Waals surface area contributed by atoms with Crippen LogP contribution >= 0.6 is 11.8 Å². The summed E-state index contributed by atoms with van der Waals surface area (Å²) >= 11 is 1.60. The summed E-state index contributed by atoms with van der Waals surface area (Å²) in [5.74, 6) is 1.76. The lowest BCUT2D eigenvalue weighted by atomic mass is 10.1. The number of benzene rings is 2. The summed E-state index contributed by atoms with van der Waals surface area (Å²) in [5, 5.41) is 8.90. The first kappa shape index (κ1) is 17.5. The number of para-hydroxylation sites is 1. The Labute approximate surface area is 162 Å². The van der Waals surface area contributed by atoms with Gasteiger partial charge in [-0.2, -0.15) is 0 Å². The molecule has 5 nitrogen and oxygen atoms in total. The minimum absolute atomic E-state index is 0.577. The Kier molecular flexibility index (Phi) is 4.81. The fraction of sp³-hybridized carbons (Fsp3) is 0.190. The van der Waals surface area contributed by atoms with E-state index in [1.165, 1.54) is 11.1 Å². The second kappa shape index (κ2) is 7.40. The van der Waals surface area contributed by atoms with E-state index in [1.807, 2.05) is 24.4 Å². The van der Waals surface area contributed by atoms with Crippen LogP contribution in [0.15, 0.2) is 64.3 Å². The highest BCUT2D eigenvalue weighted by Gasteiger charge is 2.18. The number of hydrogen-bond acceptors (Lipinski definition) is 5. The molecule has 2 aromatic carbocycles. The van der Waals surface area contributed by atoms with Crippen molar-refractivity contribution >= 4 is 11.8 Å². The minimum atomic E-state index is 0.577. The molecular weight excluding hydrogens is 356 g/mol. The third-order valence-corrected chi connectivity index (χ3v) is 5.29. The maximum Gasteiger partial charge on any atom is 0.226 e. The van der Waals surface area contributed by atoms with Crippen LogP contribution in [0.1, 0.15) is 22.9 Å². The topological polar surface area (TPSA) is 56.7 Å². The normalized spacial score (nSPS) is 11.1. The van der Waals surface area contributed by atoms with Crippen LogP contribution in [0.2, 0.25) is 0 Å². The third-order valence-electron chi connectivity index (χ3n) is 4.35. The van der Waals surface area contributed by atoms with Gasteiger partial charge in [-0.05, 0) is 25.0 Å². The molecule has 2 aromatic heterocycles. The van der Waals surface area contributed by atoms with Gasteiger partial charge in [0.1, 0.15) is 0 Å². The fourth-order valence-electron chi connectivity index (χ4n) is 3.15. The summed E-state index contributed by atoms with van der Waals surface area (Å²) in [6.45, 7) is 6.06. The van der Waals surface area contributed by atoms with Crippen molar-refractivity contribution in [1.82, 2.24) is 19.7 Å². The Morgan fingerprint density at radius 1 is 0.926 bits per heavy atom. The van der Waals surface area contributed by atoms with Crippen LogP contribution in [0.4, 0.5) is 0 Å². The van der Waals surface area contributed by atoms with Crippen LogP contribution in [0.25, 0.3) is 16.9 Å². The zero-order valence-electron chi connectivity index (χ0n) is 15.5. The lowest BCUT2D eigenvalue weighted by Gasteiger charge is -2.16. The maximum absolute atomic E-state index is 5.51. The number of nitrogens with zero attached hydrogens (tertiary/aromatic N) is 4. The predicted molar refractivity (Wildman–Crippen MR) is 107 cm³/mol. The molecule has 4 aromatic rings. The first-order valence-corrected chi connectivity index (χ1v) is 9.73. The van der Waals surface area contributed by atoms with Crippen molar-refractivity contribution in [3.8, 4) is 16.9 Å². The van der Waals surface area contributed by atoms with Crippen LogP contribution in [-0.4, -0.2) is 19.7 Å².